The van der Waals surface area contributed by atoms with Crippen molar-refractivity contribution < 1.29 is 28.6 Å². The largest absolute Gasteiger partial charge is 0.493 e. The van der Waals surface area contributed by atoms with Crippen LogP contribution in [0.1, 0.15) is 54.3 Å². The van der Waals surface area contributed by atoms with Gasteiger partial charge in [0.1, 0.15) is 16.5 Å². The molecule has 0 saturated heterocycles. The molecule has 1 aromatic carbocycles. The van der Waals surface area contributed by atoms with Gasteiger partial charge in [-0.25, -0.2) is 9.59 Å². The van der Waals surface area contributed by atoms with Gasteiger partial charge in [-0.1, -0.05) is 12.1 Å². The SMILES string of the molecule is CCOC(=O)c1c(C)[nH]c(C)c1C(=O)/C(C#N)=C/c1ccc(OC(=O)c2cccs2)c(OC)c1. The molecule has 0 aliphatic heterocycles. The molecule has 0 amide bonds. The van der Waals surface area contributed by atoms with Crippen LogP contribution in [0.5, 0.6) is 11.5 Å². The number of thiophene rings is 1. The lowest BCUT2D eigenvalue weighted by atomic mass is 9.98. The van der Waals surface area contributed by atoms with E-state index in [1.165, 1.54) is 30.6 Å². The van der Waals surface area contributed by atoms with E-state index in [4.69, 9.17) is 14.2 Å². The summed E-state index contributed by atoms with van der Waals surface area (Å²) in [6.45, 7) is 5.13. The Morgan fingerprint density at radius 3 is 2.44 bits per heavy atom. The van der Waals surface area contributed by atoms with Crippen molar-refractivity contribution in [1.82, 2.24) is 4.98 Å². The summed E-state index contributed by atoms with van der Waals surface area (Å²) in [5.41, 5.74) is 1.43. The number of hydrogen-bond donors (Lipinski definition) is 1. The first-order chi connectivity index (χ1) is 16.3. The number of aromatic amines is 1. The number of carbonyl (C=O) groups is 3. The Labute approximate surface area is 200 Å². The predicted molar refractivity (Wildman–Crippen MR) is 126 cm³/mol. The summed E-state index contributed by atoms with van der Waals surface area (Å²) in [6.07, 6.45) is 1.38. The van der Waals surface area contributed by atoms with Crippen molar-refractivity contribution in [2.75, 3.05) is 13.7 Å². The van der Waals surface area contributed by atoms with Gasteiger partial charge in [-0.2, -0.15) is 5.26 Å². The molecule has 8 nitrogen and oxygen atoms in total. The fourth-order valence-electron chi connectivity index (χ4n) is 3.38. The third-order valence-corrected chi connectivity index (χ3v) is 5.72. The molecule has 0 fully saturated rings. The number of H-pyrrole nitrogens is 1. The number of Topliss-reactive ketones (excluding diaryl/α,β-unsaturated/α-hetero) is 1. The zero-order chi connectivity index (χ0) is 24.8. The third-order valence-electron chi connectivity index (χ3n) is 4.87. The Bertz CT molecular complexity index is 1310. The molecule has 1 N–H and O–H groups in total. The van der Waals surface area contributed by atoms with E-state index < -0.39 is 17.7 Å². The highest BCUT2D eigenvalue weighted by Crippen LogP contribution is 2.31. The number of aromatic nitrogens is 1. The molecule has 0 unspecified atom stereocenters. The minimum absolute atomic E-state index is 0.0946. The van der Waals surface area contributed by atoms with Gasteiger partial charge in [0, 0.05) is 11.4 Å². The van der Waals surface area contributed by atoms with Crippen LogP contribution >= 0.6 is 11.3 Å². The van der Waals surface area contributed by atoms with Crippen LogP contribution < -0.4 is 9.47 Å². The van der Waals surface area contributed by atoms with Gasteiger partial charge in [-0.15, -0.1) is 11.3 Å². The van der Waals surface area contributed by atoms with E-state index in [9.17, 15) is 19.6 Å². The lowest BCUT2D eigenvalue weighted by Gasteiger charge is -2.10. The molecule has 2 aromatic heterocycles. The number of rotatable bonds is 8. The van der Waals surface area contributed by atoms with Crippen molar-refractivity contribution in [2.45, 2.75) is 20.8 Å². The second-order valence-electron chi connectivity index (χ2n) is 7.12. The Hall–Kier alpha value is -4.16. The first kappa shape index (κ1) is 24.5. The first-order valence-corrected chi connectivity index (χ1v) is 11.1. The number of methoxy groups -OCH3 is 1. The molecule has 0 saturated carbocycles. The molecule has 0 bridgehead atoms. The number of nitrogens with zero attached hydrogens (tertiary/aromatic N) is 1. The fourth-order valence-corrected chi connectivity index (χ4v) is 3.98. The van der Waals surface area contributed by atoms with Crippen LogP contribution in [-0.2, 0) is 4.74 Å². The van der Waals surface area contributed by atoms with E-state index in [1.807, 2.05) is 6.07 Å². The second kappa shape index (κ2) is 10.6. The number of ketones is 1. The third kappa shape index (κ3) is 5.08. The zero-order valence-electron chi connectivity index (χ0n) is 19.1. The summed E-state index contributed by atoms with van der Waals surface area (Å²) in [5, 5.41) is 11.5. The summed E-state index contributed by atoms with van der Waals surface area (Å²) in [5.74, 6) is -1.31. The van der Waals surface area contributed by atoms with Gasteiger partial charge in [0.15, 0.2) is 11.5 Å². The minimum atomic E-state index is -0.636. The lowest BCUT2D eigenvalue weighted by molar-refractivity contribution is 0.0522. The van der Waals surface area contributed by atoms with Crippen LogP contribution in [0.15, 0.2) is 41.3 Å². The minimum Gasteiger partial charge on any atom is -0.493 e. The molecular formula is C25H22N2O6S. The molecule has 0 aliphatic rings. The molecule has 2 heterocycles. The van der Waals surface area contributed by atoms with Crippen LogP contribution in [0.4, 0.5) is 0 Å². The average molecular weight is 479 g/mol. The maximum atomic E-state index is 13.2. The van der Waals surface area contributed by atoms with Gasteiger partial charge in [-0.05, 0) is 56.0 Å². The fraction of sp³-hybridized carbons (Fsp3) is 0.200. The number of hydrogen-bond acceptors (Lipinski definition) is 8. The highest BCUT2D eigenvalue weighted by Gasteiger charge is 2.27. The number of nitrogens with one attached hydrogen (secondary N) is 1. The van der Waals surface area contributed by atoms with Crippen LogP contribution in [0.2, 0.25) is 0 Å². The van der Waals surface area contributed by atoms with Crippen molar-refractivity contribution in [3.05, 3.63) is 74.2 Å². The molecule has 0 radical (unpaired) electrons. The van der Waals surface area contributed by atoms with Crippen molar-refractivity contribution in [3.63, 3.8) is 0 Å². The number of allylic oxidation sites excluding steroid dienone is 1. The van der Waals surface area contributed by atoms with E-state index in [1.54, 1.807) is 50.4 Å². The summed E-state index contributed by atoms with van der Waals surface area (Å²) in [7, 11) is 1.42. The van der Waals surface area contributed by atoms with Gasteiger partial charge < -0.3 is 19.2 Å². The molecule has 0 aliphatic carbocycles. The van der Waals surface area contributed by atoms with Crippen LogP contribution in [0.25, 0.3) is 6.08 Å². The second-order valence-corrected chi connectivity index (χ2v) is 8.07. The molecule has 0 spiro atoms. The normalized spacial score (nSPS) is 11.0. The Balaban J connectivity index is 1.94. The maximum Gasteiger partial charge on any atom is 0.353 e. The Morgan fingerprint density at radius 2 is 1.82 bits per heavy atom. The topological polar surface area (TPSA) is 118 Å². The molecule has 0 atom stereocenters. The van der Waals surface area contributed by atoms with Crippen LogP contribution in [0.3, 0.4) is 0 Å². The highest BCUT2D eigenvalue weighted by atomic mass is 32.1. The highest BCUT2D eigenvalue weighted by molar-refractivity contribution is 7.12. The van der Waals surface area contributed by atoms with Gasteiger partial charge in [0.2, 0.25) is 5.78 Å². The van der Waals surface area contributed by atoms with Crippen LogP contribution in [-0.4, -0.2) is 36.4 Å². The number of aryl methyl sites for hydroxylation is 2. The zero-order valence-corrected chi connectivity index (χ0v) is 19.9. The molecule has 3 rings (SSSR count). The molecule has 174 valence electrons. The van der Waals surface area contributed by atoms with Crippen molar-refractivity contribution >= 4 is 35.1 Å². The van der Waals surface area contributed by atoms with Gasteiger partial charge >= 0.3 is 11.9 Å². The van der Waals surface area contributed by atoms with E-state index in [0.717, 1.165) is 0 Å². The number of nitriles is 1. The molecular weight excluding hydrogens is 456 g/mol. The predicted octanol–water partition coefficient (Wildman–Crippen LogP) is 4.89. The van der Waals surface area contributed by atoms with Crippen molar-refractivity contribution in [2.24, 2.45) is 0 Å². The number of benzene rings is 1. The molecule has 3 aromatic rings. The summed E-state index contributed by atoms with van der Waals surface area (Å²) < 4.78 is 15.8. The quantitative estimate of drug-likeness (QED) is 0.161. The summed E-state index contributed by atoms with van der Waals surface area (Å²) in [6, 6.07) is 9.95. The summed E-state index contributed by atoms with van der Waals surface area (Å²) >= 11 is 1.25. The van der Waals surface area contributed by atoms with Gasteiger partial charge in [0.25, 0.3) is 0 Å². The first-order valence-electron chi connectivity index (χ1n) is 10.3. The smallest absolute Gasteiger partial charge is 0.353 e. The van der Waals surface area contributed by atoms with Gasteiger partial charge in [-0.3, -0.25) is 4.79 Å². The molecule has 9 heteroatoms. The number of ether oxygens (including phenoxy) is 3. The van der Waals surface area contributed by atoms with Crippen LogP contribution in [0, 0.1) is 25.2 Å². The van der Waals surface area contributed by atoms with Crippen molar-refractivity contribution in [1.29, 1.82) is 5.26 Å². The number of esters is 2. The van der Waals surface area contributed by atoms with Gasteiger partial charge in [0.05, 0.1) is 24.8 Å². The van der Waals surface area contributed by atoms with E-state index in [-0.39, 0.29) is 34.8 Å². The lowest BCUT2D eigenvalue weighted by Crippen LogP contribution is -2.13. The average Bonchev–Trinajstić information content (AvgIpc) is 3.45. The van der Waals surface area contributed by atoms with E-state index in [0.29, 0.717) is 21.8 Å². The maximum absolute atomic E-state index is 13.2. The number of carbonyl (C=O) groups excluding carboxylic acids is 3. The van der Waals surface area contributed by atoms with E-state index in [2.05, 4.69) is 4.98 Å². The standard InChI is InChI=1S/C25H22N2O6S/c1-5-32-25(30)22-15(3)27-14(2)21(22)23(28)17(13-26)11-16-8-9-18(19(12-16)31-4)33-24(29)20-7-6-10-34-20/h6-12,27H,5H2,1-4H3/b17-11+. The molecule has 34 heavy (non-hydrogen) atoms. The van der Waals surface area contributed by atoms with Crippen molar-refractivity contribution in [3.8, 4) is 17.6 Å². The Kier molecular flexibility index (Phi) is 7.66. The Morgan fingerprint density at radius 1 is 1.09 bits per heavy atom. The van der Waals surface area contributed by atoms with E-state index >= 15 is 0 Å². The monoisotopic (exact) mass is 478 g/mol. The summed E-state index contributed by atoms with van der Waals surface area (Å²) in [4.78, 5) is 41.3.